The minimum atomic E-state index is -0.174. The molecule has 1 aromatic rings. The van der Waals surface area contributed by atoms with Gasteiger partial charge < -0.3 is 14.8 Å². The van der Waals surface area contributed by atoms with E-state index in [1.54, 1.807) is 0 Å². The number of H-pyrrole nitrogens is 1. The molecule has 1 aliphatic carbocycles. The summed E-state index contributed by atoms with van der Waals surface area (Å²) in [6, 6.07) is 0. The Bertz CT molecular complexity index is 500. The molecule has 5 heteroatoms. The van der Waals surface area contributed by atoms with Gasteiger partial charge in [0.1, 0.15) is 5.82 Å². The molecule has 1 unspecified atom stereocenters. The van der Waals surface area contributed by atoms with E-state index in [9.17, 15) is 9.90 Å². The summed E-state index contributed by atoms with van der Waals surface area (Å²) in [6.07, 6.45) is 6.96. The lowest BCUT2D eigenvalue weighted by Crippen LogP contribution is -2.21. The Kier molecular flexibility index (Phi) is 3.55. The molecule has 1 aliphatic heterocycles. The van der Waals surface area contributed by atoms with Crippen LogP contribution in [0.25, 0.3) is 0 Å². The summed E-state index contributed by atoms with van der Waals surface area (Å²) in [5.74, 6) is 0.632. The van der Waals surface area contributed by atoms with Crippen LogP contribution in [0.5, 0.6) is 5.88 Å². The summed E-state index contributed by atoms with van der Waals surface area (Å²) >= 11 is 0. The fourth-order valence-electron chi connectivity index (χ4n) is 3.22. The number of nitrogens with zero attached hydrogens (tertiary/aromatic N) is 1. The molecule has 1 saturated heterocycles. The average Bonchev–Trinajstić information content (AvgIpc) is 3.01. The van der Waals surface area contributed by atoms with Crippen LogP contribution in [0.1, 0.15) is 55.8 Å². The molecule has 3 rings (SSSR count). The molecule has 1 saturated carbocycles. The van der Waals surface area contributed by atoms with Gasteiger partial charge >= 0.3 is 0 Å². The monoisotopic (exact) mass is 264 g/mol. The van der Waals surface area contributed by atoms with Gasteiger partial charge in [-0.2, -0.15) is 4.98 Å². The van der Waals surface area contributed by atoms with Crippen LogP contribution in [-0.4, -0.2) is 27.8 Å². The molecule has 0 amide bonds. The Labute approximate surface area is 112 Å². The largest absolute Gasteiger partial charge is 0.493 e. The normalized spacial score (nSPS) is 24.1. The van der Waals surface area contributed by atoms with Crippen molar-refractivity contribution in [2.75, 3.05) is 6.61 Å². The predicted octanol–water partition coefficient (Wildman–Crippen LogP) is 1.85. The third-order valence-electron chi connectivity index (χ3n) is 4.19. The van der Waals surface area contributed by atoms with Crippen molar-refractivity contribution in [1.29, 1.82) is 0 Å². The van der Waals surface area contributed by atoms with Gasteiger partial charge in [0.05, 0.1) is 11.7 Å². The first-order valence-corrected chi connectivity index (χ1v) is 7.17. The molecule has 0 bridgehead atoms. The van der Waals surface area contributed by atoms with Crippen molar-refractivity contribution in [3.05, 3.63) is 21.7 Å². The van der Waals surface area contributed by atoms with E-state index in [1.807, 2.05) is 0 Å². The number of rotatable bonds is 3. The molecule has 2 N–H and O–H groups in total. The topological polar surface area (TPSA) is 75.2 Å². The van der Waals surface area contributed by atoms with Crippen LogP contribution in [-0.2, 0) is 11.2 Å². The third kappa shape index (κ3) is 2.66. The fraction of sp³-hybridized carbons (Fsp3) is 0.714. The standard InChI is InChI=1S/C14H20N2O3/c17-13-12(9-4-1-2-5-9)14(18)16-11(15-13)8-10-6-3-7-19-10/h9-10H,1-8H2,(H2,15,16,17,18). The van der Waals surface area contributed by atoms with Crippen molar-refractivity contribution in [2.24, 2.45) is 0 Å². The molecule has 104 valence electrons. The summed E-state index contributed by atoms with van der Waals surface area (Å²) in [6.45, 7) is 0.779. The van der Waals surface area contributed by atoms with Crippen LogP contribution in [0.15, 0.2) is 4.79 Å². The Hall–Kier alpha value is -1.36. The Morgan fingerprint density at radius 1 is 1.26 bits per heavy atom. The highest BCUT2D eigenvalue weighted by molar-refractivity contribution is 5.27. The zero-order chi connectivity index (χ0) is 13.2. The van der Waals surface area contributed by atoms with Gasteiger partial charge in [-0.3, -0.25) is 4.79 Å². The molecule has 1 aromatic heterocycles. The van der Waals surface area contributed by atoms with Crippen LogP contribution < -0.4 is 5.56 Å². The van der Waals surface area contributed by atoms with E-state index in [1.165, 1.54) is 0 Å². The van der Waals surface area contributed by atoms with E-state index in [0.29, 0.717) is 17.8 Å². The third-order valence-corrected chi connectivity index (χ3v) is 4.19. The van der Waals surface area contributed by atoms with Gasteiger partial charge in [0.15, 0.2) is 0 Å². The second-order valence-electron chi connectivity index (χ2n) is 5.57. The second kappa shape index (κ2) is 5.33. The number of ether oxygens (including phenoxy) is 1. The molecule has 1 atom stereocenters. The lowest BCUT2D eigenvalue weighted by molar-refractivity contribution is 0.109. The van der Waals surface area contributed by atoms with Crippen molar-refractivity contribution in [1.82, 2.24) is 9.97 Å². The minimum absolute atomic E-state index is 0.0800. The molecule has 2 fully saturated rings. The first-order valence-electron chi connectivity index (χ1n) is 7.17. The highest BCUT2D eigenvalue weighted by Crippen LogP contribution is 2.35. The quantitative estimate of drug-likeness (QED) is 0.873. The van der Waals surface area contributed by atoms with Crippen molar-refractivity contribution < 1.29 is 9.84 Å². The van der Waals surface area contributed by atoms with Gasteiger partial charge in [-0.25, -0.2) is 0 Å². The van der Waals surface area contributed by atoms with E-state index in [2.05, 4.69) is 9.97 Å². The van der Waals surface area contributed by atoms with Crippen molar-refractivity contribution in [2.45, 2.75) is 57.0 Å². The lowest BCUT2D eigenvalue weighted by atomic mass is 10.00. The summed E-state index contributed by atoms with van der Waals surface area (Å²) in [5, 5.41) is 10.0. The molecular weight excluding hydrogens is 244 g/mol. The molecule has 0 aromatic carbocycles. The van der Waals surface area contributed by atoms with E-state index >= 15 is 0 Å². The highest BCUT2D eigenvalue weighted by atomic mass is 16.5. The number of nitrogens with one attached hydrogen (secondary N) is 1. The van der Waals surface area contributed by atoms with E-state index < -0.39 is 0 Å². The smallest absolute Gasteiger partial charge is 0.258 e. The molecule has 2 heterocycles. The first kappa shape index (κ1) is 12.7. The van der Waals surface area contributed by atoms with Crippen LogP contribution in [0.4, 0.5) is 0 Å². The van der Waals surface area contributed by atoms with E-state index in [-0.39, 0.29) is 23.5 Å². The predicted molar refractivity (Wildman–Crippen MR) is 70.4 cm³/mol. The molecule has 0 radical (unpaired) electrons. The average molecular weight is 264 g/mol. The number of hydrogen-bond donors (Lipinski definition) is 2. The first-order chi connectivity index (χ1) is 9.24. The second-order valence-corrected chi connectivity index (χ2v) is 5.57. The maximum atomic E-state index is 12.1. The van der Waals surface area contributed by atoms with Crippen LogP contribution in [0.2, 0.25) is 0 Å². The van der Waals surface area contributed by atoms with Gasteiger partial charge in [0, 0.05) is 13.0 Å². The lowest BCUT2D eigenvalue weighted by Gasteiger charge is -2.12. The van der Waals surface area contributed by atoms with Gasteiger partial charge in [0.2, 0.25) is 5.88 Å². The number of aromatic amines is 1. The fourth-order valence-corrected chi connectivity index (χ4v) is 3.22. The zero-order valence-corrected chi connectivity index (χ0v) is 11.0. The van der Waals surface area contributed by atoms with E-state index in [4.69, 9.17) is 4.74 Å². The van der Waals surface area contributed by atoms with Crippen molar-refractivity contribution in [3.8, 4) is 5.88 Å². The van der Waals surface area contributed by atoms with Gasteiger partial charge in [-0.05, 0) is 31.6 Å². The van der Waals surface area contributed by atoms with E-state index in [0.717, 1.165) is 45.1 Å². The minimum Gasteiger partial charge on any atom is -0.493 e. The highest BCUT2D eigenvalue weighted by Gasteiger charge is 2.25. The summed E-state index contributed by atoms with van der Waals surface area (Å²) in [7, 11) is 0. The Morgan fingerprint density at radius 2 is 2.05 bits per heavy atom. The van der Waals surface area contributed by atoms with Crippen molar-refractivity contribution >= 4 is 0 Å². The molecule has 0 spiro atoms. The van der Waals surface area contributed by atoms with Gasteiger partial charge in [-0.15, -0.1) is 0 Å². The van der Waals surface area contributed by atoms with Gasteiger partial charge in [0.25, 0.3) is 5.56 Å². The van der Waals surface area contributed by atoms with Crippen LogP contribution in [0.3, 0.4) is 0 Å². The Balaban J connectivity index is 1.82. The maximum absolute atomic E-state index is 12.1. The molecule has 2 aliphatic rings. The summed E-state index contributed by atoms with van der Waals surface area (Å²) in [5.41, 5.74) is 0.306. The van der Waals surface area contributed by atoms with Crippen molar-refractivity contribution in [3.63, 3.8) is 0 Å². The molecule has 19 heavy (non-hydrogen) atoms. The SMILES string of the molecule is O=c1[nH]c(CC2CCCO2)nc(O)c1C1CCCC1. The maximum Gasteiger partial charge on any atom is 0.258 e. The zero-order valence-electron chi connectivity index (χ0n) is 11.0. The van der Waals surface area contributed by atoms with Crippen LogP contribution in [0, 0.1) is 0 Å². The number of aromatic hydroxyl groups is 1. The summed E-state index contributed by atoms with van der Waals surface area (Å²) in [4.78, 5) is 19.1. The molecular formula is C14H20N2O3. The Morgan fingerprint density at radius 3 is 2.68 bits per heavy atom. The number of aromatic nitrogens is 2. The number of hydrogen-bond acceptors (Lipinski definition) is 4. The molecule has 5 nitrogen and oxygen atoms in total. The van der Waals surface area contributed by atoms with Gasteiger partial charge in [-0.1, -0.05) is 12.8 Å². The van der Waals surface area contributed by atoms with Crippen LogP contribution >= 0.6 is 0 Å². The summed E-state index contributed by atoms with van der Waals surface area (Å²) < 4.78 is 5.52.